The standard InChI is InChI=1S/C25H38N4O5/c1-25(2,23(26)32)17-27-21(30)13-7-5-4-6-8-14-22(31)29-16-19(28-24(33)34-3)15-18-11-9-10-12-20(18)29/h9-12,19H,4-8,13-17H2,1-3H3,(H2,26,32)(H,27,30)(H,28,33)/t19-/m0/s1. The summed E-state index contributed by atoms with van der Waals surface area (Å²) in [6.07, 6.45) is 5.28. The molecule has 1 aliphatic rings. The zero-order chi connectivity index (χ0) is 25.1. The number of hydrogen-bond donors (Lipinski definition) is 3. The van der Waals surface area contributed by atoms with Gasteiger partial charge in [0.15, 0.2) is 0 Å². The molecule has 0 aromatic heterocycles. The van der Waals surface area contributed by atoms with Gasteiger partial charge in [0.05, 0.1) is 18.6 Å². The first-order valence-corrected chi connectivity index (χ1v) is 11.9. The summed E-state index contributed by atoms with van der Waals surface area (Å²) >= 11 is 0. The highest BCUT2D eigenvalue weighted by Gasteiger charge is 2.29. The number of carbonyl (C=O) groups is 4. The minimum absolute atomic E-state index is 0.0419. The number of ether oxygens (including phenoxy) is 1. The molecule has 1 aromatic rings. The maximum Gasteiger partial charge on any atom is 0.407 e. The zero-order valence-electron chi connectivity index (χ0n) is 20.5. The van der Waals surface area contributed by atoms with E-state index in [1.807, 2.05) is 24.3 Å². The Morgan fingerprint density at radius 3 is 2.38 bits per heavy atom. The van der Waals surface area contributed by atoms with Crippen molar-refractivity contribution >= 4 is 29.5 Å². The number of primary amides is 1. The van der Waals surface area contributed by atoms with E-state index in [0.717, 1.165) is 43.4 Å². The number of unbranched alkanes of at least 4 members (excludes halogenated alkanes) is 4. The minimum Gasteiger partial charge on any atom is -0.453 e. The van der Waals surface area contributed by atoms with Crippen LogP contribution in [-0.2, 0) is 25.5 Å². The van der Waals surface area contributed by atoms with Gasteiger partial charge in [-0.05, 0) is 44.7 Å². The number of nitrogens with zero attached hydrogens (tertiary/aromatic N) is 1. The first kappa shape index (κ1) is 27.1. The molecular weight excluding hydrogens is 436 g/mol. The summed E-state index contributed by atoms with van der Waals surface area (Å²) in [5.41, 5.74) is 6.48. The molecule has 4 N–H and O–H groups in total. The van der Waals surface area contributed by atoms with Crippen LogP contribution in [0, 0.1) is 5.41 Å². The maximum atomic E-state index is 12.9. The summed E-state index contributed by atoms with van der Waals surface area (Å²) in [4.78, 5) is 49.6. The molecule has 9 nitrogen and oxygen atoms in total. The van der Waals surface area contributed by atoms with Crippen LogP contribution in [0.1, 0.15) is 64.4 Å². The number of nitrogens with one attached hydrogen (secondary N) is 2. The van der Waals surface area contributed by atoms with E-state index in [0.29, 0.717) is 25.8 Å². The lowest BCUT2D eigenvalue weighted by atomic mass is 9.93. The Morgan fingerprint density at radius 2 is 1.71 bits per heavy atom. The van der Waals surface area contributed by atoms with Gasteiger partial charge in [-0.3, -0.25) is 14.4 Å². The smallest absolute Gasteiger partial charge is 0.407 e. The molecule has 0 saturated carbocycles. The molecule has 4 amide bonds. The van der Waals surface area contributed by atoms with E-state index in [2.05, 4.69) is 10.6 Å². The normalized spacial score (nSPS) is 15.3. The Kier molecular flexibility index (Phi) is 10.3. The third-order valence-corrected chi connectivity index (χ3v) is 6.15. The Morgan fingerprint density at radius 1 is 1.06 bits per heavy atom. The van der Waals surface area contributed by atoms with Crippen molar-refractivity contribution in [3.05, 3.63) is 29.8 Å². The van der Waals surface area contributed by atoms with Crippen LogP contribution in [0.4, 0.5) is 10.5 Å². The van der Waals surface area contributed by atoms with E-state index in [1.54, 1.807) is 18.7 Å². The summed E-state index contributed by atoms with van der Waals surface area (Å²) in [6.45, 7) is 4.07. The van der Waals surface area contributed by atoms with Crippen LogP contribution in [0.2, 0.25) is 0 Å². The van der Waals surface area contributed by atoms with E-state index in [4.69, 9.17) is 10.5 Å². The van der Waals surface area contributed by atoms with Crippen molar-refractivity contribution in [2.75, 3.05) is 25.1 Å². The number of alkyl carbamates (subject to hydrolysis) is 1. The molecule has 0 spiro atoms. The van der Waals surface area contributed by atoms with E-state index < -0.39 is 17.4 Å². The van der Waals surface area contributed by atoms with Crippen molar-refractivity contribution in [2.45, 2.75) is 71.3 Å². The Balaban J connectivity index is 1.69. The summed E-state index contributed by atoms with van der Waals surface area (Å²) in [7, 11) is 1.33. The van der Waals surface area contributed by atoms with Crippen LogP contribution in [0.5, 0.6) is 0 Å². The number of anilines is 1. The lowest BCUT2D eigenvalue weighted by molar-refractivity contribution is -0.127. The first-order valence-electron chi connectivity index (χ1n) is 11.9. The van der Waals surface area contributed by atoms with E-state index >= 15 is 0 Å². The van der Waals surface area contributed by atoms with Crippen LogP contribution in [0.3, 0.4) is 0 Å². The highest BCUT2D eigenvalue weighted by molar-refractivity contribution is 5.94. The third-order valence-electron chi connectivity index (χ3n) is 6.15. The van der Waals surface area contributed by atoms with E-state index in [-0.39, 0.29) is 24.4 Å². The van der Waals surface area contributed by atoms with Crippen molar-refractivity contribution in [2.24, 2.45) is 11.1 Å². The van der Waals surface area contributed by atoms with Crippen LogP contribution < -0.4 is 21.3 Å². The van der Waals surface area contributed by atoms with Crippen molar-refractivity contribution in [3.63, 3.8) is 0 Å². The molecule has 1 aliphatic heterocycles. The number of benzene rings is 1. The molecule has 0 fully saturated rings. The molecule has 1 atom stereocenters. The molecule has 188 valence electrons. The predicted molar refractivity (Wildman–Crippen MR) is 130 cm³/mol. The van der Waals surface area contributed by atoms with Gasteiger partial charge in [0.25, 0.3) is 0 Å². The second-order valence-electron chi connectivity index (χ2n) is 9.46. The van der Waals surface area contributed by atoms with Crippen LogP contribution in [0.15, 0.2) is 24.3 Å². The summed E-state index contributed by atoms with van der Waals surface area (Å²) < 4.78 is 4.70. The van der Waals surface area contributed by atoms with Crippen LogP contribution in [-0.4, -0.2) is 50.1 Å². The van der Waals surface area contributed by atoms with Gasteiger partial charge in [0.1, 0.15) is 0 Å². The lowest BCUT2D eigenvalue weighted by Crippen LogP contribution is -2.50. The molecule has 1 aromatic carbocycles. The molecule has 34 heavy (non-hydrogen) atoms. The average Bonchev–Trinajstić information content (AvgIpc) is 2.81. The monoisotopic (exact) mass is 474 g/mol. The zero-order valence-corrected chi connectivity index (χ0v) is 20.5. The van der Waals surface area contributed by atoms with Gasteiger partial charge in [0, 0.05) is 31.6 Å². The molecule has 2 rings (SSSR count). The highest BCUT2D eigenvalue weighted by Crippen LogP contribution is 2.28. The Labute approximate surface area is 201 Å². The van der Waals surface area contributed by atoms with Gasteiger partial charge in [-0.2, -0.15) is 0 Å². The Bertz CT molecular complexity index is 871. The number of fused-ring (bicyclic) bond motifs is 1. The first-order chi connectivity index (χ1) is 16.1. The summed E-state index contributed by atoms with van der Waals surface area (Å²) in [5.74, 6) is -0.478. The quantitative estimate of drug-likeness (QED) is 0.401. The number of carbonyl (C=O) groups excluding carboxylic acids is 4. The van der Waals surface area contributed by atoms with Gasteiger partial charge in [0.2, 0.25) is 17.7 Å². The number of amides is 4. The van der Waals surface area contributed by atoms with Gasteiger partial charge in [-0.15, -0.1) is 0 Å². The number of methoxy groups -OCH3 is 1. The van der Waals surface area contributed by atoms with Gasteiger partial charge < -0.3 is 26.0 Å². The van der Waals surface area contributed by atoms with E-state index in [1.165, 1.54) is 7.11 Å². The topological polar surface area (TPSA) is 131 Å². The molecule has 0 aliphatic carbocycles. The van der Waals surface area contributed by atoms with Crippen LogP contribution in [0.25, 0.3) is 0 Å². The van der Waals surface area contributed by atoms with Crippen LogP contribution >= 0.6 is 0 Å². The fourth-order valence-electron chi connectivity index (χ4n) is 3.88. The maximum absolute atomic E-state index is 12.9. The van der Waals surface area contributed by atoms with Crippen molar-refractivity contribution in [3.8, 4) is 0 Å². The summed E-state index contributed by atoms with van der Waals surface area (Å²) in [6, 6.07) is 7.58. The second-order valence-corrected chi connectivity index (χ2v) is 9.46. The minimum atomic E-state index is -0.757. The average molecular weight is 475 g/mol. The molecule has 0 saturated heterocycles. The third kappa shape index (κ3) is 8.35. The lowest BCUT2D eigenvalue weighted by Gasteiger charge is -2.34. The van der Waals surface area contributed by atoms with Crippen molar-refractivity contribution in [1.29, 1.82) is 0 Å². The molecule has 0 unspecified atom stereocenters. The fraction of sp³-hybridized carbons (Fsp3) is 0.600. The molecule has 1 heterocycles. The molecule has 9 heteroatoms. The van der Waals surface area contributed by atoms with Crippen molar-refractivity contribution < 1.29 is 23.9 Å². The number of nitrogens with two attached hydrogens (primary N) is 1. The second kappa shape index (κ2) is 13.0. The number of para-hydroxylation sites is 1. The van der Waals surface area contributed by atoms with Gasteiger partial charge in [-0.1, -0.05) is 37.5 Å². The van der Waals surface area contributed by atoms with Gasteiger partial charge >= 0.3 is 6.09 Å². The SMILES string of the molecule is COC(=O)N[C@H]1Cc2ccccc2N(C(=O)CCCCCCCC(=O)NCC(C)(C)C(N)=O)C1. The van der Waals surface area contributed by atoms with Gasteiger partial charge in [-0.25, -0.2) is 4.79 Å². The predicted octanol–water partition coefficient (Wildman–Crippen LogP) is 2.66. The summed E-state index contributed by atoms with van der Waals surface area (Å²) in [5, 5.41) is 5.57. The molecule has 0 radical (unpaired) electrons. The number of rotatable bonds is 12. The van der Waals surface area contributed by atoms with Crippen molar-refractivity contribution in [1.82, 2.24) is 10.6 Å². The molecular formula is C25H38N4O5. The largest absolute Gasteiger partial charge is 0.453 e. The fourth-order valence-corrected chi connectivity index (χ4v) is 3.88. The highest BCUT2D eigenvalue weighted by atomic mass is 16.5. The number of hydrogen-bond acceptors (Lipinski definition) is 5. The van der Waals surface area contributed by atoms with E-state index in [9.17, 15) is 19.2 Å². The Hall–Kier alpha value is -3.10. The molecule has 0 bridgehead atoms.